The number of aryl methyl sites for hydroxylation is 2. The van der Waals surface area contributed by atoms with Crippen molar-refractivity contribution in [3.8, 4) is 6.07 Å². The summed E-state index contributed by atoms with van der Waals surface area (Å²) in [5.74, 6) is -1.12. The van der Waals surface area contributed by atoms with E-state index in [1.54, 1.807) is 24.4 Å². The maximum atomic E-state index is 12.9. The number of likely N-dealkylation sites (tertiary alicyclic amines) is 1. The van der Waals surface area contributed by atoms with Gasteiger partial charge in [-0.1, -0.05) is 6.07 Å². The molecule has 2 aromatic heterocycles. The van der Waals surface area contributed by atoms with Crippen LogP contribution in [-0.4, -0.2) is 55.7 Å². The molecule has 2 atom stereocenters. The maximum Gasteiger partial charge on any atom is 0.414 e. The number of alkyl halides is 3. The molecule has 39 heavy (non-hydrogen) atoms. The highest BCUT2D eigenvalue weighted by Gasteiger charge is 2.44. The van der Waals surface area contributed by atoms with Crippen LogP contribution in [0.25, 0.3) is 11.0 Å². The fourth-order valence-corrected chi connectivity index (χ4v) is 5.42. The van der Waals surface area contributed by atoms with E-state index in [0.29, 0.717) is 29.7 Å². The number of fused-ring (bicyclic) bond motifs is 1. The normalized spacial score (nSPS) is 18.0. The van der Waals surface area contributed by atoms with E-state index in [1.807, 2.05) is 44.7 Å². The standard InChI is InChI=1S/C28H30F3N5O3/c1-16-21(34-26(39)18-7-5-6-17(10-18)13-32)14-33-25-24(16)20(15-35(25)4)19-8-9-36(27(2,3)12-19)23(38)11-22(37)28(29,30)31/h5-7,10,14-15,19,22,37H,8-9,11-12H2,1-4H3,(H,34,39). The Kier molecular flexibility index (Phi) is 7.45. The van der Waals surface area contributed by atoms with E-state index in [4.69, 9.17) is 5.26 Å². The van der Waals surface area contributed by atoms with Crippen molar-refractivity contribution in [1.82, 2.24) is 14.5 Å². The highest BCUT2D eigenvalue weighted by atomic mass is 19.4. The van der Waals surface area contributed by atoms with Crippen LogP contribution in [0.4, 0.5) is 18.9 Å². The Balaban J connectivity index is 1.60. The number of nitriles is 1. The smallest absolute Gasteiger partial charge is 0.383 e. The Hall–Kier alpha value is -3.91. The number of hydrogen-bond acceptors (Lipinski definition) is 5. The number of nitrogens with one attached hydrogen (secondary N) is 1. The van der Waals surface area contributed by atoms with Gasteiger partial charge < -0.3 is 19.9 Å². The summed E-state index contributed by atoms with van der Waals surface area (Å²) >= 11 is 0. The second kappa shape index (κ2) is 10.3. The maximum absolute atomic E-state index is 12.9. The van der Waals surface area contributed by atoms with Crippen LogP contribution in [0.2, 0.25) is 0 Å². The number of hydrogen-bond donors (Lipinski definition) is 2. The van der Waals surface area contributed by atoms with Gasteiger partial charge in [0.05, 0.1) is 29.9 Å². The summed E-state index contributed by atoms with van der Waals surface area (Å²) in [6, 6.07) is 8.40. The largest absolute Gasteiger partial charge is 0.414 e. The molecule has 206 valence electrons. The molecule has 0 aliphatic carbocycles. The molecule has 0 bridgehead atoms. The molecule has 0 radical (unpaired) electrons. The number of nitrogens with zero attached hydrogens (tertiary/aromatic N) is 4. The van der Waals surface area contributed by atoms with Crippen molar-refractivity contribution in [3.63, 3.8) is 0 Å². The number of rotatable bonds is 5. The van der Waals surface area contributed by atoms with Gasteiger partial charge in [-0.25, -0.2) is 4.98 Å². The molecular weight excluding hydrogens is 511 g/mol. The zero-order chi connectivity index (χ0) is 28.7. The first kappa shape index (κ1) is 28.1. The SMILES string of the molecule is Cc1c(NC(=O)c2cccc(C#N)c2)cnc2c1c(C1CCN(C(=O)CC(O)C(F)(F)F)C(C)(C)C1)cn2C. The lowest BCUT2D eigenvalue weighted by Crippen LogP contribution is -2.53. The number of benzene rings is 1. The van der Waals surface area contributed by atoms with Crippen LogP contribution in [0.15, 0.2) is 36.7 Å². The number of aliphatic hydroxyl groups excluding tert-OH is 1. The van der Waals surface area contributed by atoms with Gasteiger partial charge in [-0.15, -0.1) is 0 Å². The lowest BCUT2D eigenvalue weighted by atomic mass is 9.78. The third-order valence-electron chi connectivity index (χ3n) is 7.44. The predicted octanol–water partition coefficient (Wildman–Crippen LogP) is 4.80. The highest BCUT2D eigenvalue weighted by Crippen LogP contribution is 2.42. The highest BCUT2D eigenvalue weighted by molar-refractivity contribution is 6.06. The second-order valence-electron chi connectivity index (χ2n) is 10.6. The molecule has 1 saturated heterocycles. The van der Waals surface area contributed by atoms with Gasteiger partial charge in [0, 0.05) is 36.3 Å². The Labute approximate surface area is 224 Å². The minimum Gasteiger partial charge on any atom is -0.383 e. The minimum absolute atomic E-state index is 0.0148. The number of piperidine rings is 1. The molecule has 1 aromatic carbocycles. The van der Waals surface area contributed by atoms with Crippen LogP contribution >= 0.6 is 0 Å². The first-order valence-electron chi connectivity index (χ1n) is 12.5. The fraction of sp³-hybridized carbons (Fsp3) is 0.429. The van der Waals surface area contributed by atoms with E-state index in [-0.39, 0.29) is 18.4 Å². The molecule has 1 aliphatic heterocycles. The van der Waals surface area contributed by atoms with E-state index >= 15 is 0 Å². The Bertz CT molecular complexity index is 1470. The zero-order valence-electron chi connectivity index (χ0n) is 22.1. The molecule has 3 heterocycles. The molecule has 11 heteroatoms. The van der Waals surface area contributed by atoms with Gasteiger partial charge in [0.1, 0.15) is 5.65 Å². The van der Waals surface area contributed by atoms with Crippen LogP contribution in [0.5, 0.6) is 0 Å². The van der Waals surface area contributed by atoms with Crippen LogP contribution < -0.4 is 5.32 Å². The molecule has 4 rings (SSSR count). The molecule has 0 spiro atoms. The van der Waals surface area contributed by atoms with Crippen LogP contribution in [0.3, 0.4) is 0 Å². The van der Waals surface area contributed by atoms with Crippen molar-refractivity contribution in [3.05, 3.63) is 58.9 Å². The van der Waals surface area contributed by atoms with E-state index in [1.165, 1.54) is 11.0 Å². The summed E-state index contributed by atoms with van der Waals surface area (Å²) in [6.07, 6.45) is -3.97. The number of carbonyl (C=O) groups is 2. The summed E-state index contributed by atoms with van der Waals surface area (Å²) in [5, 5.41) is 22.3. The Morgan fingerprint density at radius 1 is 1.33 bits per heavy atom. The Morgan fingerprint density at radius 2 is 2.05 bits per heavy atom. The number of anilines is 1. The summed E-state index contributed by atoms with van der Waals surface area (Å²) in [6.45, 7) is 5.76. The predicted molar refractivity (Wildman–Crippen MR) is 139 cm³/mol. The molecule has 1 aliphatic rings. The van der Waals surface area contributed by atoms with Gasteiger partial charge in [-0.2, -0.15) is 18.4 Å². The number of halogens is 3. The molecule has 2 N–H and O–H groups in total. The third-order valence-corrected chi connectivity index (χ3v) is 7.44. The van der Waals surface area contributed by atoms with Gasteiger partial charge in [-0.05, 0) is 68.9 Å². The van der Waals surface area contributed by atoms with E-state index < -0.39 is 30.1 Å². The van der Waals surface area contributed by atoms with E-state index in [9.17, 15) is 27.9 Å². The van der Waals surface area contributed by atoms with Crippen LogP contribution in [0, 0.1) is 18.3 Å². The molecular formula is C28H30F3N5O3. The Morgan fingerprint density at radius 3 is 2.69 bits per heavy atom. The summed E-state index contributed by atoms with van der Waals surface area (Å²) in [4.78, 5) is 31.6. The van der Waals surface area contributed by atoms with Crippen molar-refractivity contribution < 1.29 is 27.9 Å². The molecule has 8 nitrogen and oxygen atoms in total. The van der Waals surface area contributed by atoms with Crippen molar-refractivity contribution in [2.24, 2.45) is 7.05 Å². The summed E-state index contributed by atoms with van der Waals surface area (Å²) in [5.41, 5.74) is 3.01. The first-order chi connectivity index (χ1) is 18.2. The quantitative estimate of drug-likeness (QED) is 0.482. The average molecular weight is 542 g/mol. The molecule has 2 unspecified atom stereocenters. The molecule has 1 fully saturated rings. The van der Waals surface area contributed by atoms with E-state index in [0.717, 1.165) is 22.2 Å². The summed E-state index contributed by atoms with van der Waals surface area (Å²) < 4.78 is 40.3. The van der Waals surface area contributed by atoms with E-state index in [2.05, 4.69) is 10.3 Å². The number of aliphatic hydroxyl groups is 1. The van der Waals surface area contributed by atoms with Crippen LogP contribution in [0.1, 0.15) is 66.1 Å². The third kappa shape index (κ3) is 5.61. The zero-order valence-corrected chi connectivity index (χ0v) is 22.1. The summed E-state index contributed by atoms with van der Waals surface area (Å²) in [7, 11) is 1.87. The van der Waals surface area contributed by atoms with Crippen molar-refractivity contribution in [2.75, 3.05) is 11.9 Å². The topological polar surface area (TPSA) is 111 Å². The van der Waals surface area contributed by atoms with Crippen molar-refractivity contribution >= 4 is 28.5 Å². The van der Waals surface area contributed by atoms with Crippen molar-refractivity contribution in [1.29, 1.82) is 5.26 Å². The van der Waals surface area contributed by atoms with Crippen molar-refractivity contribution in [2.45, 2.75) is 63.8 Å². The van der Waals surface area contributed by atoms with Gasteiger partial charge in [0.2, 0.25) is 5.91 Å². The van der Waals surface area contributed by atoms with Gasteiger partial charge in [0.25, 0.3) is 5.91 Å². The van der Waals surface area contributed by atoms with Gasteiger partial charge in [0.15, 0.2) is 6.10 Å². The lowest BCUT2D eigenvalue weighted by Gasteiger charge is -2.46. The number of aromatic nitrogens is 2. The number of carbonyl (C=O) groups excluding carboxylic acids is 2. The van der Waals surface area contributed by atoms with Gasteiger partial charge in [-0.3, -0.25) is 9.59 Å². The second-order valence-corrected chi connectivity index (χ2v) is 10.6. The monoisotopic (exact) mass is 541 g/mol. The van der Waals surface area contributed by atoms with Gasteiger partial charge >= 0.3 is 6.18 Å². The fourth-order valence-electron chi connectivity index (χ4n) is 5.42. The average Bonchev–Trinajstić information content (AvgIpc) is 3.21. The minimum atomic E-state index is -4.85. The first-order valence-corrected chi connectivity index (χ1v) is 12.5. The number of pyridine rings is 1. The molecule has 2 amide bonds. The number of amides is 2. The molecule has 3 aromatic rings. The molecule has 0 saturated carbocycles. The van der Waals surface area contributed by atoms with Crippen LogP contribution in [-0.2, 0) is 11.8 Å². The lowest BCUT2D eigenvalue weighted by molar-refractivity contribution is -0.208.